The summed E-state index contributed by atoms with van der Waals surface area (Å²) < 4.78 is 13.3. The molecule has 4 heteroatoms. The van der Waals surface area contributed by atoms with Crippen LogP contribution in [0, 0.1) is 11.7 Å². The number of piperidine rings is 1. The van der Waals surface area contributed by atoms with Gasteiger partial charge >= 0.3 is 0 Å². The Labute approximate surface area is 94.0 Å². The van der Waals surface area contributed by atoms with E-state index >= 15 is 0 Å². The van der Waals surface area contributed by atoms with Crippen LogP contribution < -0.4 is 10.6 Å². The van der Waals surface area contributed by atoms with Gasteiger partial charge in [0.25, 0.3) is 0 Å². The van der Waals surface area contributed by atoms with Crippen LogP contribution in [0.1, 0.15) is 12.8 Å². The minimum atomic E-state index is -0.397. The highest BCUT2D eigenvalue weighted by Crippen LogP contribution is 2.24. The number of benzene rings is 1. The number of anilines is 2. The van der Waals surface area contributed by atoms with E-state index in [0.29, 0.717) is 6.54 Å². The first-order valence-electron chi connectivity index (χ1n) is 5.46. The number of halogens is 1. The second-order valence-corrected chi connectivity index (χ2v) is 4.19. The van der Waals surface area contributed by atoms with Crippen molar-refractivity contribution in [1.82, 2.24) is 0 Å². The van der Waals surface area contributed by atoms with Gasteiger partial charge in [-0.25, -0.2) is 4.39 Å². The van der Waals surface area contributed by atoms with Gasteiger partial charge in [0.1, 0.15) is 12.1 Å². The molecule has 0 bridgehead atoms. The molecular formula is C12H15FN2O. The monoisotopic (exact) mass is 222 g/mol. The average Bonchev–Trinajstić information content (AvgIpc) is 2.33. The van der Waals surface area contributed by atoms with E-state index in [0.717, 1.165) is 31.4 Å². The summed E-state index contributed by atoms with van der Waals surface area (Å²) in [5, 5.41) is 0. The highest BCUT2D eigenvalue weighted by Gasteiger charge is 2.19. The van der Waals surface area contributed by atoms with E-state index < -0.39 is 5.82 Å². The number of nitrogen functional groups attached to an aromatic ring is 1. The van der Waals surface area contributed by atoms with Crippen molar-refractivity contribution < 1.29 is 9.18 Å². The van der Waals surface area contributed by atoms with Gasteiger partial charge in [0, 0.05) is 24.7 Å². The van der Waals surface area contributed by atoms with Gasteiger partial charge in [0.15, 0.2) is 0 Å². The molecule has 1 aliphatic heterocycles. The van der Waals surface area contributed by atoms with Crippen LogP contribution in [0.2, 0.25) is 0 Å². The van der Waals surface area contributed by atoms with E-state index in [1.54, 1.807) is 12.1 Å². The summed E-state index contributed by atoms with van der Waals surface area (Å²) in [4.78, 5) is 12.8. The Morgan fingerprint density at radius 2 is 2.31 bits per heavy atom. The fourth-order valence-corrected chi connectivity index (χ4v) is 2.07. The fourth-order valence-electron chi connectivity index (χ4n) is 2.07. The Morgan fingerprint density at radius 1 is 1.50 bits per heavy atom. The third-order valence-electron chi connectivity index (χ3n) is 3.00. The van der Waals surface area contributed by atoms with Crippen molar-refractivity contribution in [3.05, 3.63) is 24.0 Å². The molecule has 16 heavy (non-hydrogen) atoms. The Bertz CT molecular complexity index is 395. The van der Waals surface area contributed by atoms with Crippen molar-refractivity contribution in [2.24, 2.45) is 5.92 Å². The highest BCUT2D eigenvalue weighted by atomic mass is 19.1. The topological polar surface area (TPSA) is 46.3 Å². The number of hydrogen-bond donors (Lipinski definition) is 1. The van der Waals surface area contributed by atoms with Crippen molar-refractivity contribution in [1.29, 1.82) is 0 Å². The van der Waals surface area contributed by atoms with Crippen LogP contribution in [0.5, 0.6) is 0 Å². The third kappa shape index (κ3) is 2.15. The quantitative estimate of drug-likeness (QED) is 0.613. The summed E-state index contributed by atoms with van der Waals surface area (Å²) in [5.41, 5.74) is 6.39. The maximum Gasteiger partial charge on any atom is 0.148 e. The molecule has 86 valence electrons. The van der Waals surface area contributed by atoms with E-state index in [4.69, 9.17) is 5.73 Å². The highest BCUT2D eigenvalue weighted by molar-refractivity contribution is 5.59. The zero-order chi connectivity index (χ0) is 11.5. The molecule has 2 N–H and O–H groups in total. The molecular weight excluding hydrogens is 207 g/mol. The first-order valence-corrected chi connectivity index (χ1v) is 5.46. The van der Waals surface area contributed by atoms with Crippen molar-refractivity contribution in [3.63, 3.8) is 0 Å². The normalized spacial score (nSPS) is 20.8. The van der Waals surface area contributed by atoms with Crippen LogP contribution in [0.15, 0.2) is 18.2 Å². The number of nitrogens with two attached hydrogens (primary N) is 1. The number of aldehydes is 1. The maximum absolute atomic E-state index is 13.3. The zero-order valence-electron chi connectivity index (χ0n) is 9.03. The van der Waals surface area contributed by atoms with E-state index in [2.05, 4.69) is 0 Å². The molecule has 1 unspecified atom stereocenters. The predicted octanol–water partition coefficient (Wildman–Crippen LogP) is 1.82. The zero-order valence-corrected chi connectivity index (χ0v) is 9.03. The lowest BCUT2D eigenvalue weighted by Crippen LogP contribution is -2.36. The molecule has 1 aromatic rings. The first-order chi connectivity index (χ1) is 7.70. The van der Waals surface area contributed by atoms with Crippen LogP contribution >= 0.6 is 0 Å². The SMILES string of the molecule is Nc1ccc(N2CCCC(C=O)C2)cc1F. The summed E-state index contributed by atoms with van der Waals surface area (Å²) in [5.74, 6) is -0.333. The van der Waals surface area contributed by atoms with Crippen molar-refractivity contribution in [2.75, 3.05) is 23.7 Å². The van der Waals surface area contributed by atoms with Crippen LogP contribution in [-0.2, 0) is 4.79 Å². The molecule has 1 aliphatic rings. The second kappa shape index (κ2) is 4.51. The summed E-state index contributed by atoms with van der Waals surface area (Å²) >= 11 is 0. The minimum absolute atomic E-state index is 0.0642. The summed E-state index contributed by atoms with van der Waals surface area (Å²) in [6.45, 7) is 1.54. The van der Waals surface area contributed by atoms with Gasteiger partial charge < -0.3 is 15.4 Å². The lowest BCUT2D eigenvalue weighted by molar-refractivity contribution is -0.111. The van der Waals surface area contributed by atoms with E-state index in [-0.39, 0.29) is 11.6 Å². The second-order valence-electron chi connectivity index (χ2n) is 4.19. The lowest BCUT2D eigenvalue weighted by atomic mass is 9.99. The summed E-state index contributed by atoms with van der Waals surface area (Å²) in [6.07, 6.45) is 2.88. The number of rotatable bonds is 2. The Kier molecular flexibility index (Phi) is 3.08. The van der Waals surface area contributed by atoms with Gasteiger partial charge in [-0.2, -0.15) is 0 Å². The van der Waals surface area contributed by atoms with Gasteiger partial charge in [-0.15, -0.1) is 0 Å². The van der Waals surface area contributed by atoms with Crippen LogP contribution in [0.25, 0.3) is 0 Å². The van der Waals surface area contributed by atoms with E-state index in [9.17, 15) is 9.18 Å². The smallest absolute Gasteiger partial charge is 0.148 e. The fraction of sp³-hybridized carbons (Fsp3) is 0.417. The van der Waals surface area contributed by atoms with Gasteiger partial charge in [-0.1, -0.05) is 0 Å². The molecule has 1 saturated heterocycles. The molecule has 0 aromatic heterocycles. The Morgan fingerprint density at radius 3 is 3.00 bits per heavy atom. The molecule has 1 fully saturated rings. The summed E-state index contributed by atoms with van der Waals surface area (Å²) in [7, 11) is 0. The van der Waals surface area contributed by atoms with Crippen molar-refractivity contribution in [2.45, 2.75) is 12.8 Å². The molecule has 0 aliphatic carbocycles. The van der Waals surface area contributed by atoms with E-state index in [1.807, 2.05) is 4.90 Å². The van der Waals surface area contributed by atoms with Crippen molar-refractivity contribution in [3.8, 4) is 0 Å². The molecule has 0 radical (unpaired) electrons. The average molecular weight is 222 g/mol. The Balaban J connectivity index is 2.16. The molecule has 0 spiro atoms. The van der Waals surface area contributed by atoms with Crippen LogP contribution in [0.4, 0.5) is 15.8 Å². The standard InChI is InChI=1S/C12H15FN2O/c13-11-6-10(3-4-12(11)14)15-5-1-2-9(7-15)8-16/h3-4,6,8-9H,1-2,5,7,14H2. The molecule has 1 aromatic carbocycles. The number of hydrogen-bond acceptors (Lipinski definition) is 3. The molecule has 2 rings (SSSR count). The predicted molar refractivity (Wildman–Crippen MR) is 61.8 cm³/mol. The lowest BCUT2D eigenvalue weighted by Gasteiger charge is -2.32. The first kappa shape index (κ1) is 10.9. The minimum Gasteiger partial charge on any atom is -0.396 e. The van der Waals surface area contributed by atoms with Gasteiger partial charge in [0.05, 0.1) is 5.69 Å². The number of carbonyl (C=O) groups excluding carboxylic acids is 1. The van der Waals surface area contributed by atoms with Crippen LogP contribution in [-0.4, -0.2) is 19.4 Å². The number of nitrogens with zero attached hydrogens (tertiary/aromatic N) is 1. The molecule has 0 saturated carbocycles. The van der Waals surface area contributed by atoms with Gasteiger partial charge in [0.2, 0.25) is 0 Å². The molecule has 0 amide bonds. The largest absolute Gasteiger partial charge is 0.396 e. The van der Waals surface area contributed by atoms with Gasteiger partial charge in [-0.05, 0) is 31.0 Å². The van der Waals surface area contributed by atoms with Crippen LogP contribution in [0.3, 0.4) is 0 Å². The molecule has 1 atom stereocenters. The number of carbonyl (C=O) groups is 1. The van der Waals surface area contributed by atoms with Crippen molar-refractivity contribution >= 4 is 17.7 Å². The maximum atomic E-state index is 13.3. The van der Waals surface area contributed by atoms with E-state index in [1.165, 1.54) is 6.07 Å². The third-order valence-corrected chi connectivity index (χ3v) is 3.00. The summed E-state index contributed by atoms with van der Waals surface area (Å²) in [6, 6.07) is 4.79. The Hall–Kier alpha value is -1.58. The molecule has 1 heterocycles. The van der Waals surface area contributed by atoms with Gasteiger partial charge in [-0.3, -0.25) is 0 Å². The molecule has 3 nitrogen and oxygen atoms in total.